The summed E-state index contributed by atoms with van der Waals surface area (Å²) < 4.78 is 10.9. The van der Waals surface area contributed by atoms with Gasteiger partial charge < -0.3 is 30.1 Å². The lowest BCUT2D eigenvalue weighted by atomic mass is 10.2. The second-order valence-electron chi connectivity index (χ2n) is 7.76. The van der Waals surface area contributed by atoms with Crippen LogP contribution >= 0.6 is 0 Å². The van der Waals surface area contributed by atoms with Crippen LogP contribution in [0.4, 0.5) is 5.82 Å². The van der Waals surface area contributed by atoms with E-state index in [0.29, 0.717) is 26.0 Å². The molecular weight excluding hydrogens is 454 g/mol. The van der Waals surface area contributed by atoms with Crippen molar-refractivity contribution in [1.29, 1.82) is 0 Å². The molecule has 0 saturated heterocycles. The summed E-state index contributed by atoms with van der Waals surface area (Å²) in [5.74, 6) is 0.487. The highest BCUT2D eigenvalue weighted by atomic mass is 16.6. The fourth-order valence-corrected chi connectivity index (χ4v) is 2.93. The highest BCUT2D eigenvalue weighted by Crippen LogP contribution is 2.13. The number of pyridine rings is 1. The minimum atomic E-state index is -1.04. The lowest BCUT2D eigenvalue weighted by Gasteiger charge is -2.23. The maximum absolute atomic E-state index is 10.7. The number of ether oxygens (including phenoxy) is 2. The SMILES string of the molecule is CCCCCCOC(/N=C/N(Cc1ccnc(N(C)CC)c1)CC(O)OCC)=N/C(N)=C\[N+](=O)[O-]. The topological polar surface area (TPSA) is 152 Å². The van der Waals surface area contributed by atoms with Crippen LogP contribution in [-0.4, -0.2) is 71.9 Å². The minimum absolute atomic E-state index is 0.103. The molecule has 0 spiro atoms. The Morgan fingerprint density at radius 1 is 1.34 bits per heavy atom. The summed E-state index contributed by atoms with van der Waals surface area (Å²) in [4.78, 5) is 26.3. The van der Waals surface area contributed by atoms with Gasteiger partial charge in [0.2, 0.25) is 0 Å². The molecule has 0 saturated carbocycles. The Hall–Kier alpha value is -3.25. The number of hydrogen-bond donors (Lipinski definition) is 2. The van der Waals surface area contributed by atoms with Gasteiger partial charge in [-0.15, -0.1) is 0 Å². The number of hydrogen-bond acceptors (Lipinski definition) is 9. The standard InChI is InChI=1S/C23H39N7O5/c1-5-8-9-10-13-35-23(27-20(24)16-30(32)33)26-18-29(17-22(31)34-7-3)15-19-11-12-25-21(14-19)28(4)6-2/h11-12,14,16,18,22,31H,5-10,13,15,17,24H2,1-4H3/b20-16-,26-18+,27-23+. The Labute approximate surface area is 207 Å². The average molecular weight is 494 g/mol. The first kappa shape index (κ1) is 29.8. The highest BCUT2D eigenvalue weighted by Gasteiger charge is 2.12. The molecule has 1 aromatic rings. The third-order valence-corrected chi connectivity index (χ3v) is 4.83. The molecule has 1 rings (SSSR count). The Bertz CT molecular complexity index is 847. The summed E-state index contributed by atoms with van der Waals surface area (Å²) >= 11 is 0. The van der Waals surface area contributed by atoms with Gasteiger partial charge >= 0.3 is 6.02 Å². The predicted molar refractivity (Wildman–Crippen MR) is 137 cm³/mol. The maximum atomic E-state index is 10.7. The molecule has 1 heterocycles. The van der Waals surface area contributed by atoms with Crippen molar-refractivity contribution in [1.82, 2.24) is 9.88 Å². The van der Waals surface area contributed by atoms with Crippen LogP contribution in [-0.2, 0) is 16.0 Å². The molecule has 0 aliphatic rings. The first-order valence-corrected chi connectivity index (χ1v) is 11.8. The number of aliphatic imine (C=N–C) groups is 2. The third-order valence-electron chi connectivity index (χ3n) is 4.83. The number of nitrogens with two attached hydrogens (primary N) is 1. The van der Waals surface area contributed by atoms with Crippen LogP contribution in [0.25, 0.3) is 0 Å². The second kappa shape index (κ2) is 17.2. The summed E-state index contributed by atoms with van der Waals surface area (Å²) in [6.45, 7) is 7.96. The molecule has 3 N–H and O–H groups in total. The monoisotopic (exact) mass is 493 g/mol. The largest absolute Gasteiger partial charge is 0.463 e. The molecule has 0 fully saturated rings. The molecule has 0 aromatic carbocycles. The number of aromatic nitrogens is 1. The Morgan fingerprint density at radius 3 is 2.77 bits per heavy atom. The lowest BCUT2D eigenvalue weighted by Crippen LogP contribution is -2.33. The summed E-state index contributed by atoms with van der Waals surface area (Å²) in [6.07, 6.45) is 6.65. The van der Waals surface area contributed by atoms with E-state index in [4.69, 9.17) is 15.2 Å². The lowest BCUT2D eigenvalue weighted by molar-refractivity contribution is -0.403. The zero-order valence-corrected chi connectivity index (χ0v) is 21.2. The quantitative estimate of drug-likeness (QED) is 0.0884. The Balaban J connectivity index is 3.10. The van der Waals surface area contributed by atoms with Crippen molar-refractivity contribution in [2.75, 3.05) is 38.3 Å². The Morgan fingerprint density at radius 2 is 2.11 bits per heavy atom. The van der Waals surface area contributed by atoms with Crippen molar-refractivity contribution in [2.24, 2.45) is 15.7 Å². The maximum Gasteiger partial charge on any atom is 0.319 e. The molecule has 0 radical (unpaired) electrons. The van der Waals surface area contributed by atoms with Gasteiger partial charge in [0.25, 0.3) is 6.20 Å². The van der Waals surface area contributed by atoms with Crippen LogP contribution < -0.4 is 10.6 Å². The fourth-order valence-electron chi connectivity index (χ4n) is 2.93. The van der Waals surface area contributed by atoms with Gasteiger partial charge in [-0.05, 0) is 38.0 Å². The fraction of sp³-hybridized carbons (Fsp3) is 0.609. The average Bonchev–Trinajstić information content (AvgIpc) is 2.81. The van der Waals surface area contributed by atoms with E-state index in [-0.39, 0.29) is 18.4 Å². The van der Waals surface area contributed by atoms with Gasteiger partial charge in [0.05, 0.1) is 24.4 Å². The van der Waals surface area contributed by atoms with Crippen LogP contribution in [0.15, 0.2) is 40.3 Å². The normalized spacial score (nSPS) is 13.2. The van der Waals surface area contributed by atoms with E-state index in [2.05, 4.69) is 21.9 Å². The van der Waals surface area contributed by atoms with Gasteiger partial charge in [0.1, 0.15) is 5.82 Å². The van der Waals surface area contributed by atoms with Gasteiger partial charge in [0.15, 0.2) is 12.1 Å². The molecule has 1 atom stereocenters. The zero-order chi connectivity index (χ0) is 26.1. The number of aliphatic hydroxyl groups excluding tert-OH is 1. The van der Waals surface area contributed by atoms with Crippen LogP contribution in [0.2, 0.25) is 0 Å². The minimum Gasteiger partial charge on any atom is -0.463 e. The zero-order valence-electron chi connectivity index (χ0n) is 21.2. The van der Waals surface area contributed by atoms with E-state index in [1.54, 1.807) is 18.0 Å². The number of aliphatic hydroxyl groups is 1. The molecule has 196 valence electrons. The molecule has 0 amide bonds. The van der Waals surface area contributed by atoms with Crippen LogP contribution in [0.3, 0.4) is 0 Å². The molecule has 0 aliphatic heterocycles. The number of anilines is 1. The van der Waals surface area contributed by atoms with Crippen molar-refractivity contribution < 1.29 is 19.5 Å². The van der Waals surface area contributed by atoms with E-state index in [1.807, 2.05) is 31.0 Å². The second-order valence-corrected chi connectivity index (χ2v) is 7.76. The van der Waals surface area contributed by atoms with E-state index in [0.717, 1.165) is 43.6 Å². The summed E-state index contributed by atoms with van der Waals surface area (Å²) in [6, 6.07) is 3.72. The predicted octanol–water partition coefficient (Wildman–Crippen LogP) is 2.71. The molecule has 0 aliphatic carbocycles. The first-order chi connectivity index (χ1) is 16.8. The van der Waals surface area contributed by atoms with Crippen LogP contribution in [0.5, 0.6) is 0 Å². The number of nitro groups is 1. The molecular formula is C23H39N7O5. The molecule has 12 heteroatoms. The third kappa shape index (κ3) is 13.3. The van der Waals surface area contributed by atoms with E-state index in [1.165, 1.54) is 6.34 Å². The Kier molecular flexibility index (Phi) is 14.7. The summed E-state index contributed by atoms with van der Waals surface area (Å²) in [5.41, 5.74) is 6.57. The van der Waals surface area contributed by atoms with E-state index in [9.17, 15) is 15.2 Å². The van der Waals surface area contributed by atoms with Crippen molar-refractivity contribution in [3.63, 3.8) is 0 Å². The number of rotatable bonds is 16. The van der Waals surface area contributed by atoms with Gasteiger partial charge in [-0.3, -0.25) is 10.1 Å². The number of nitrogens with zero attached hydrogens (tertiary/aromatic N) is 6. The smallest absolute Gasteiger partial charge is 0.319 e. The van der Waals surface area contributed by atoms with Crippen molar-refractivity contribution in [3.05, 3.63) is 46.0 Å². The van der Waals surface area contributed by atoms with Crippen LogP contribution in [0.1, 0.15) is 52.0 Å². The van der Waals surface area contributed by atoms with Crippen molar-refractivity contribution in [2.45, 2.75) is 59.3 Å². The van der Waals surface area contributed by atoms with Gasteiger partial charge in [-0.1, -0.05) is 26.2 Å². The number of unbranched alkanes of at least 4 members (excludes halogenated alkanes) is 3. The van der Waals surface area contributed by atoms with Gasteiger partial charge in [-0.2, -0.15) is 9.98 Å². The van der Waals surface area contributed by atoms with Crippen molar-refractivity contribution in [3.8, 4) is 0 Å². The van der Waals surface area contributed by atoms with E-state index < -0.39 is 11.2 Å². The molecule has 1 unspecified atom stereocenters. The molecule has 1 aromatic heterocycles. The molecule has 0 bridgehead atoms. The molecule has 35 heavy (non-hydrogen) atoms. The summed E-state index contributed by atoms with van der Waals surface area (Å²) in [5, 5.41) is 20.9. The summed E-state index contributed by atoms with van der Waals surface area (Å²) in [7, 11) is 1.95. The molecule has 12 nitrogen and oxygen atoms in total. The number of amidine groups is 1. The van der Waals surface area contributed by atoms with Crippen LogP contribution in [0, 0.1) is 10.1 Å². The van der Waals surface area contributed by atoms with Gasteiger partial charge in [0, 0.05) is 32.9 Å². The highest BCUT2D eigenvalue weighted by molar-refractivity contribution is 5.83. The van der Waals surface area contributed by atoms with Crippen molar-refractivity contribution >= 4 is 18.2 Å². The first-order valence-electron chi connectivity index (χ1n) is 11.8. The van der Waals surface area contributed by atoms with Gasteiger partial charge in [-0.25, -0.2) is 4.98 Å². The van der Waals surface area contributed by atoms with E-state index >= 15 is 0 Å².